The van der Waals surface area contributed by atoms with Crippen molar-refractivity contribution in [2.75, 3.05) is 0 Å². The van der Waals surface area contributed by atoms with Crippen molar-refractivity contribution in [3.05, 3.63) is 12.2 Å². The Bertz CT molecular complexity index is 322. The molecule has 0 aromatic carbocycles. The molecule has 0 amide bonds. The Morgan fingerprint density at radius 1 is 0.680 bits per heavy atom. The Morgan fingerprint density at radius 3 is 1.44 bits per heavy atom. The molecular weight excluding hydrogens is 308 g/mol. The SMILES string of the molecule is C=C(C(=O)O)C(CCC)CCCCCCCCCCCCCCCC. The maximum Gasteiger partial charge on any atom is 0.331 e. The molecule has 0 spiro atoms. The monoisotopic (exact) mass is 352 g/mol. The van der Waals surface area contributed by atoms with E-state index >= 15 is 0 Å². The molecule has 0 aromatic heterocycles. The highest BCUT2D eigenvalue weighted by Crippen LogP contribution is 2.23. The summed E-state index contributed by atoms with van der Waals surface area (Å²) in [7, 11) is 0. The number of hydrogen-bond acceptors (Lipinski definition) is 1. The summed E-state index contributed by atoms with van der Waals surface area (Å²) in [5.74, 6) is -0.636. The molecule has 0 aliphatic rings. The second-order valence-electron chi connectivity index (χ2n) is 7.70. The van der Waals surface area contributed by atoms with Gasteiger partial charge in [0.1, 0.15) is 0 Å². The molecule has 0 saturated carbocycles. The zero-order valence-electron chi connectivity index (χ0n) is 17.2. The number of carbonyl (C=O) groups is 1. The number of hydrogen-bond donors (Lipinski definition) is 1. The molecule has 0 aliphatic heterocycles. The maximum atomic E-state index is 11.1. The first-order valence-electron chi connectivity index (χ1n) is 11.1. The highest BCUT2D eigenvalue weighted by atomic mass is 16.4. The van der Waals surface area contributed by atoms with Gasteiger partial charge in [-0.3, -0.25) is 0 Å². The number of aliphatic carboxylic acids is 1. The number of carboxylic acids is 1. The summed E-state index contributed by atoms with van der Waals surface area (Å²) in [5, 5.41) is 9.09. The molecule has 1 unspecified atom stereocenters. The first kappa shape index (κ1) is 24.2. The van der Waals surface area contributed by atoms with Crippen LogP contribution < -0.4 is 0 Å². The Kier molecular flexibility index (Phi) is 17.4. The molecule has 1 atom stereocenters. The average molecular weight is 353 g/mol. The molecule has 0 bridgehead atoms. The van der Waals surface area contributed by atoms with E-state index in [2.05, 4.69) is 20.4 Å². The van der Waals surface area contributed by atoms with Crippen LogP contribution in [0.1, 0.15) is 123 Å². The van der Waals surface area contributed by atoms with Gasteiger partial charge in [0, 0.05) is 5.57 Å². The van der Waals surface area contributed by atoms with E-state index in [0.29, 0.717) is 5.57 Å². The lowest BCUT2D eigenvalue weighted by Crippen LogP contribution is -2.11. The van der Waals surface area contributed by atoms with Crippen LogP contribution in [0, 0.1) is 5.92 Å². The van der Waals surface area contributed by atoms with Gasteiger partial charge in [0.15, 0.2) is 0 Å². The molecule has 0 aromatic rings. The van der Waals surface area contributed by atoms with Gasteiger partial charge in [-0.25, -0.2) is 4.79 Å². The maximum absolute atomic E-state index is 11.1. The van der Waals surface area contributed by atoms with E-state index in [-0.39, 0.29) is 5.92 Å². The van der Waals surface area contributed by atoms with Crippen LogP contribution in [0.5, 0.6) is 0 Å². The van der Waals surface area contributed by atoms with Crippen molar-refractivity contribution in [2.45, 2.75) is 123 Å². The highest BCUT2D eigenvalue weighted by Gasteiger charge is 2.16. The van der Waals surface area contributed by atoms with Crippen LogP contribution in [0.15, 0.2) is 12.2 Å². The molecule has 25 heavy (non-hydrogen) atoms. The van der Waals surface area contributed by atoms with Crippen molar-refractivity contribution in [3.63, 3.8) is 0 Å². The number of rotatable bonds is 19. The predicted molar refractivity (Wildman–Crippen MR) is 110 cm³/mol. The fourth-order valence-corrected chi connectivity index (χ4v) is 3.60. The summed E-state index contributed by atoms with van der Waals surface area (Å²) in [6, 6.07) is 0. The van der Waals surface area contributed by atoms with Crippen LogP contribution in [0.4, 0.5) is 0 Å². The smallest absolute Gasteiger partial charge is 0.331 e. The van der Waals surface area contributed by atoms with Gasteiger partial charge in [-0.1, -0.05) is 117 Å². The highest BCUT2D eigenvalue weighted by molar-refractivity contribution is 5.86. The standard InChI is InChI=1S/C23H44O2/c1-4-6-7-8-9-10-11-12-13-14-15-16-17-18-20-22(19-5-2)21(3)23(24)25/h22H,3-20H2,1-2H3,(H,24,25). The van der Waals surface area contributed by atoms with Crippen molar-refractivity contribution in [2.24, 2.45) is 5.92 Å². The summed E-state index contributed by atoms with van der Waals surface area (Å²) in [6.45, 7) is 8.15. The van der Waals surface area contributed by atoms with Crippen LogP contribution >= 0.6 is 0 Å². The zero-order valence-corrected chi connectivity index (χ0v) is 17.2. The number of unbranched alkanes of at least 4 members (excludes halogenated alkanes) is 13. The van der Waals surface area contributed by atoms with Crippen LogP contribution in [0.2, 0.25) is 0 Å². The van der Waals surface area contributed by atoms with Crippen LogP contribution in [0.25, 0.3) is 0 Å². The average Bonchev–Trinajstić information content (AvgIpc) is 2.60. The van der Waals surface area contributed by atoms with E-state index in [1.54, 1.807) is 0 Å². The second kappa shape index (κ2) is 18.0. The topological polar surface area (TPSA) is 37.3 Å². The van der Waals surface area contributed by atoms with E-state index in [4.69, 9.17) is 5.11 Å². The minimum Gasteiger partial charge on any atom is -0.478 e. The van der Waals surface area contributed by atoms with E-state index < -0.39 is 5.97 Å². The third-order valence-corrected chi connectivity index (χ3v) is 5.31. The minimum absolute atomic E-state index is 0.180. The molecule has 1 N–H and O–H groups in total. The van der Waals surface area contributed by atoms with Gasteiger partial charge in [0.25, 0.3) is 0 Å². The van der Waals surface area contributed by atoms with E-state index in [9.17, 15) is 4.79 Å². The van der Waals surface area contributed by atoms with Gasteiger partial charge in [-0.2, -0.15) is 0 Å². The Morgan fingerprint density at radius 2 is 1.08 bits per heavy atom. The van der Waals surface area contributed by atoms with Gasteiger partial charge in [-0.15, -0.1) is 0 Å². The van der Waals surface area contributed by atoms with Gasteiger partial charge in [-0.05, 0) is 18.8 Å². The Balaban J connectivity index is 3.40. The van der Waals surface area contributed by atoms with Crippen molar-refractivity contribution in [1.29, 1.82) is 0 Å². The fourth-order valence-electron chi connectivity index (χ4n) is 3.60. The third kappa shape index (κ3) is 15.2. The lowest BCUT2D eigenvalue weighted by atomic mass is 9.90. The summed E-state index contributed by atoms with van der Waals surface area (Å²) >= 11 is 0. The van der Waals surface area contributed by atoms with Gasteiger partial charge in [0.2, 0.25) is 0 Å². The third-order valence-electron chi connectivity index (χ3n) is 5.31. The van der Waals surface area contributed by atoms with Crippen molar-refractivity contribution < 1.29 is 9.90 Å². The lowest BCUT2D eigenvalue weighted by molar-refractivity contribution is -0.133. The molecular formula is C23H44O2. The summed E-state index contributed by atoms with van der Waals surface area (Å²) in [4.78, 5) is 11.1. The quantitative estimate of drug-likeness (QED) is 0.189. The molecule has 2 heteroatoms. The minimum atomic E-state index is -0.816. The second-order valence-corrected chi connectivity index (χ2v) is 7.70. The summed E-state index contributed by atoms with van der Waals surface area (Å²) in [6.07, 6.45) is 22.1. The van der Waals surface area contributed by atoms with Crippen molar-refractivity contribution in [1.82, 2.24) is 0 Å². The molecule has 0 fully saturated rings. The normalized spacial score (nSPS) is 12.2. The zero-order chi connectivity index (χ0) is 18.8. The van der Waals surface area contributed by atoms with E-state index in [0.717, 1.165) is 25.7 Å². The molecule has 0 aliphatic carbocycles. The molecule has 2 nitrogen and oxygen atoms in total. The first-order chi connectivity index (χ1) is 12.1. The van der Waals surface area contributed by atoms with Crippen LogP contribution in [0.3, 0.4) is 0 Å². The molecule has 148 valence electrons. The predicted octanol–water partition coefficient (Wildman–Crippen LogP) is 7.91. The van der Waals surface area contributed by atoms with Crippen molar-refractivity contribution >= 4 is 5.97 Å². The van der Waals surface area contributed by atoms with E-state index in [1.807, 2.05) is 0 Å². The van der Waals surface area contributed by atoms with Crippen LogP contribution in [-0.4, -0.2) is 11.1 Å². The largest absolute Gasteiger partial charge is 0.478 e. The molecule has 0 rings (SSSR count). The molecule has 0 radical (unpaired) electrons. The van der Waals surface area contributed by atoms with Gasteiger partial charge < -0.3 is 5.11 Å². The summed E-state index contributed by atoms with van der Waals surface area (Å²) < 4.78 is 0. The molecule has 0 heterocycles. The Hall–Kier alpha value is -0.790. The number of carboxylic acid groups (broad SMARTS) is 1. The van der Waals surface area contributed by atoms with E-state index in [1.165, 1.54) is 83.5 Å². The Labute approximate surface area is 157 Å². The summed E-state index contributed by atoms with van der Waals surface area (Å²) in [5.41, 5.74) is 0.413. The molecule has 0 saturated heterocycles. The van der Waals surface area contributed by atoms with Crippen LogP contribution in [-0.2, 0) is 4.79 Å². The van der Waals surface area contributed by atoms with Gasteiger partial charge in [0.05, 0.1) is 0 Å². The fraction of sp³-hybridized carbons (Fsp3) is 0.870. The lowest BCUT2D eigenvalue weighted by Gasteiger charge is -2.15. The first-order valence-corrected chi connectivity index (χ1v) is 11.1. The van der Waals surface area contributed by atoms with Crippen molar-refractivity contribution in [3.8, 4) is 0 Å². The van der Waals surface area contributed by atoms with Gasteiger partial charge >= 0.3 is 5.97 Å².